The first-order chi connectivity index (χ1) is 9.82. The predicted octanol–water partition coefficient (Wildman–Crippen LogP) is 5.09. The molecule has 2 rings (SSSR count). The van der Waals surface area contributed by atoms with Crippen LogP contribution >= 0.6 is 46.4 Å². The molecule has 3 nitrogen and oxygen atoms in total. The van der Waals surface area contributed by atoms with E-state index >= 15 is 0 Å². The first-order valence-corrected chi connectivity index (χ1v) is 7.18. The van der Waals surface area contributed by atoms with E-state index < -0.39 is 12.1 Å². The normalized spacial score (nSPS) is 12.2. The Morgan fingerprint density at radius 3 is 2.14 bits per heavy atom. The van der Waals surface area contributed by atoms with Crippen molar-refractivity contribution in [2.45, 2.75) is 6.10 Å². The fourth-order valence-electron chi connectivity index (χ4n) is 1.83. The fraction of sp³-hybridized carbons (Fsp3) is 0.0714. The minimum absolute atomic E-state index is 0.0498. The third-order valence-electron chi connectivity index (χ3n) is 2.86. The molecule has 0 radical (unpaired) electrons. The number of carboxylic acids is 1. The molecular formula is C14H8Cl4O3. The molecule has 1 unspecified atom stereocenters. The number of halogens is 4. The number of benzene rings is 2. The van der Waals surface area contributed by atoms with E-state index in [0.717, 1.165) is 0 Å². The number of aliphatic hydroxyl groups is 1. The zero-order valence-corrected chi connectivity index (χ0v) is 13.3. The first kappa shape index (κ1) is 16.4. The standard InChI is InChI=1S/C14H8Cl4O3/c15-8-2-1-6(5-7(8)13(19)14(20)21)11-9(16)3-4-10(17)12(11)18/h1-5,13,19H,(H,20,21). The Labute approximate surface area is 140 Å². The van der Waals surface area contributed by atoms with Crippen LogP contribution in [-0.2, 0) is 4.79 Å². The molecule has 2 N–H and O–H groups in total. The third-order valence-corrected chi connectivity index (χ3v) is 4.32. The summed E-state index contributed by atoms with van der Waals surface area (Å²) in [6, 6.07) is 7.63. The van der Waals surface area contributed by atoms with Crippen LogP contribution in [0.25, 0.3) is 11.1 Å². The van der Waals surface area contributed by atoms with Crippen molar-refractivity contribution in [3.8, 4) is 11.1 Å². The van der Waals surface area contributed by atoms with E-state index in [1.807, 2.05) is 0 Å². The zero-order valence-electron chi connectivity index (χ0n) is 10.3. The summed E-state index contributed by atoms with van der Waals surface area (Å²) < 4.78 is 0. The lowest BCUT2D eigenvalue weighted by Gasteiger charge is -2.13. The van der Waals surface area contributed by atoms with E-state index in [4.69, 9.17) is 51.5 Å². The summed E-state index contributed by atoms with van der Waals surface area (Å²) in [5, 5.41) is 19.6. The smallest absolute Gasteiger partial charge is 0.337 e. The average Bonchev–Trinajstić information content (AvgIpc) is 2.44. The van der Waals surface area contributed by atoms with E-state index in [1.165, 1.54) is 12.1 Å². The van der Waals surface area contributed by atoms with Crippen molar-refractivity contribution in [3.63, 3.8) is 0 Å². The summed E-state index contributed by atoms with van der Waals surface area (Å²) in [5.41, 5.74) is 1.00. The first-order valence-electron chi connectivity index (χ1n) is 5.67. The van der Waals surface area contributed by atoms with Gasteiger partial charge in [0.2, 0.25) is 0 Å². The van der Waals surface area contributed by atoms with Crippen molar-refractivity contribution in [3.05, 3.63) is 56.0 Å². The van der Waals surface area contributed by atoms with E-state index in [2.05, 4.69) is 0 Å². The second-order valence-electron chi connectivity index (χ2n) is 4.20. The maximum Gasteiger partial charge on any atom is 0.337 e. The maximum atomic E-state index is 10.9. The number of aliphatic carboxylic acids is 1. The SMILES string of the molecule is O=C(O)C(O)c1cc(-c2c(Cl)ccc(Cl)c2Cl)ccc1Cl. The van der Waals surface area contributed by atoms with Gasteiger partial charge in [-0.3, -0.25) is 0 Å². The Kier molecular flexibility index (Phi) is 5.02. The highest BCUT2D eigenvalue weighted by molar-refractivity contribution is 6.46. The molecule has 110 valence electrons. The van der Waals surface area contributed by atoms with Crippen molar-refractivity contribution in [2.24, 2.45) is 0 Å². The molecule has 0 aliphatic heterocycles. The van der Waals surface area contributed by atoms with Gasteiger partial charge in [0.15, 0.2) is 6.10 Å². The molecule has 2 aromatic rings. The minimum atomic E-state index is -1.74. The van der Waals surface area contributed by atoms with Crippen LogP contribution in [0.15, 0.2) is 30.3 Å². The summed E-state index contributed by atoms with van der Waals surface area (Å²) >= 11 is 24.1. The van der Waals surface area contributed by atoms with Crippen LogP contribution in [0.5, 0.6) is 0 Å². The molecule has 0 spiro atoms. The third kappa shape index (κ3) is 3.28. The highest BCUT2D eigenvalue weighted by Crippen LogP contribution is 2.40. The Bertz CT molecular complexity index is 716. The molecule has 1 atom stereocenters. The lowest BCUT2D eigenvalue weighted by Crippen LogP contribution is -2.11. The van der Waals surface area contributed by atoms with Crippen LogP contribution in [-0.4, -0.2) is 16.2 Å². The second kappa shape index (κ2) is 6.42. The number of hydrogen-bond donors (Lipinski definition) is 2. The Balaban J connectivity index is 2.64. The van der Waals surface area contributed by atoms with Gasteiger partial charge >= 0.3 is 5.97 Å². The summed E-state index contributed by atoms with van der Waals surface area (Å²) in [5.74, 6) is -1.41. The summed E-state index contributed by atoms with van der Waals surface area (Å²) in [6.45, 7) is 0. The predicted molar refractivity (Wildman–Crippen MR) is 84.5 cm³/mol. The topological polar surface area (TPSA) is 57.5 Å². The van der Waals surface area contributed by atoms with Crippen molar-refractivity contribution in [1.29, 1.82) is 0 Å². The minimum Gasteiger partial charge on any atom is -0.479 e. The second-order valence-corrected chi connectivity index (χ2v) is 5.79. The van der Waals surface area contributed by atoms with Gasteiger partial charge in [0, 0.05) is 21.2 Å². The quantitative estimate of drug-likeness (QED) is 0.745. The lowest BCUT2D eigenvalue weighted by atomic mass is 10.0. The van der Waals surface area contributed by atoms with Crippen LogP contribution in [0, 0.1) is 0 Å². The van der Waals surface area contributed by atoms with Crippen LogP contribution < -0.4 is 0 Å². The summed E-state index contributed by atoms with van der Waals surface area (Å²) in [4.78, 5) is 10.9. The molecule has 0 aliphatic carbocycles. The van der Waals surface area contributed by atoms with Gasteiger partial charge in [0.1, 0.15) is 0 Å². The molecule has 0 saturated carbocycles. The molecule has 0 amide bonds. The molecule has 0 fully saturated rings. The number of rotatable bonds is 3. The van der Waals surface area contributed by atoms with E-state index in [9.17, 15) is 9.90 Å². The lowest BCUT2D eigenvalue weighted by molar-refractivity contribution is -0.146. The van der Waals surface area contributed by atoms with Gasteiger partial charge < -0.3 is 10.2 Å². The number of carboxylic acid groups (broad SMARTS) is 1. The van der Waals surface area contributed by atoms with Gasteiger partial charge in [0.05, 0.1) is 10.0 Å². The molecule has 7 heteroatoms. The largest absolute Gasteiger partial charge is 0.479 e. The molecule has 0 aromatic heterocycles. The summed E-state index contributed by atoms with van der Waals surface area (Å²) in [7, 11) is 0. The van der Waals surface area contributed by atoms with Gasteiger partial charge in [-0.15, -0.1) is 0 Å². The van der Waals surface area contributed by atoms with Gasteiger partial charge in [-0.2, -0.15) is 0 Å². The number of aliphatic hydroxyl groups excluding tert-OH is 1. The monoisotopic (exact) mass is 364 g/mol. The molecule has 21 heavy (non-hydrogen) atoms. The van der Waals surface area contributed by atoms with Crippen molar-refractivity contribution >= 4 is 52.4 Å². The van der Waals surface area contributed by atoms with E-state index in [1.54, 1.807) is 18.2 Å². The molecule has 0 bridgehead atoms. The Morgan fingerprint density at radius 1 is 0.952 bits per heavy atom. The van der Waals surface area contributed by atoms with Gasteiger partial charge in [-0.05, 0) is 29.8 Å². The molecule has 0 saturated heterocycles. The van der Waals surface area contributed by atoms with Gasteiger partial charge in [-0.25, -0.2) is 4.79 Å². The maximum absolute atomic E-state index is 10.9. The average molecular weight is 366 g/mol. The highest BCUT2D eigenvalue weighted by Gasteiger charge is 2.21. The zero-order chi connectivity index (χ0) is 15.7. The van der Waals surface area contributed by atoms with Crippen molar-refractivity contribution in [1.82, 2.24) is 0 Å². The Hall–Kier alpha value is -0.970. The fourth-order valence-corrected chi connectivity index (χ4v) is 2.80. The van der Waals surface area contributed by atoms with Crippen LogP contribution in [0.3, 0.4) is 0 Å². The molecular weight excluding hydrogens is 358 g/mol. The van der Waals surface area contributed by atoms with Crippen molar-refractivity contribution < 1.29 is 15.0 Å². The highest BCUT2D eigenvalue weighted by atomic mass is 35.5. The van der Waals surface area contributed by atoms with E-state index in [0.29, 0.717) is 21.2 Å². The molecule has 0 heterocycles. The number of carbonyl (C=O) groups is 1. The van der Waals surface area contributed by atoms with Gasteiger partial charge in [-0.1, -0.05) is 52.5 Å². The molecule has 2 aromatic carbocycles. The Morgan fingerprint density at radius 2 is 1.52 bits per heavy atom. The van der Waals surface area contributed by atoms with Crippen molar-refractivity contribution in [2.75, 3.05) is 0 Å². The van der Waals surface area contributed by atoms with Gasteiger partial charge in [0.25, 0.3) is 0 Å². The van der Waals surface area contributed by atoms with Crippen LogP contribution in [0.2, 0.25) is 20.1 Å². The summed E-state index contributed by atoms with van der Waals surface area (Å²) in [6.07, 6.45) is -1.74. The van der Waals surface area contributed by atoms with Crippen LogP contribution in [0.4, 0.5) is 0 Å². The number of hydrogen-bond acceptors (Lipinski definition) is 2. The molecule has 0 aliphatic rings. The van der Waals surface area contributed by atoms with Crippen LogP contribution in [0.1, 0.15) is 11.7 Å². The van der Waals surface area contributed by atoms with E-state index in [-0.39, 0.29) is 15.6 Å².